The standard InChI is InChI=1S/C17H20N4/c1-20(2)12-14-6-5-7-15(10-14)18-11-16-13-21-9-4-3-8-17(21)19-16/h3-10,13,18H,11-12H2,1-2H3. The van der Waals surface area contributed by atoms with Crippen LogP contribution < -0.4 is 5.32 Å². The minimum atomic E-state index is 0.729. The summed E-state index contributed by atoms with van der Waals surface area (Å²) in [5, 5.41) is 3.44. The smallest absolute Gasteiger partial charge is 0.137 e. The van der Waals surface area contributed by atoms with Crippen molar-refractivity contribution in [1.29, 1.82) is 0 Å². The van der Waals surface area contributed by atoms with E-state index in [1.165, 1.54) is 5.56 Å². The minimum absolute atomic E-state index is 0.729. The van der Waals surface area contributed by atoms with Crippen molar-refractivity contribution in [3.8, 4) is 0 Å². The van der Waals surface area contributed by atoms with Crippen molar-refractivity contribution in [3.05, 3.63) is 66.1 Å². The van der Waals surface area contributed by atoms with Crippen LogP contribution in [0.15, 0.2) is 54.9 Å². The van der Waals surface area contributed by atoms with Crippen LogP contribution in [0.5, 0.6) is 0 Å². The van der Waals surface area contributed by atoms with Gasteiger partial charge in [0.1, 0.15) is 5.65 Å². The highest BCUT2D eigenvalue weighted by Gasteiger charge is 2.02. The predicted molar refractivity (Wildman–Crippen MR) is 86.4 cm³/mol. The highest BCUT2D eigenvalue weighted by Crippen LogP contribution is 2.13. The van der Waals surface area contributed by atoms with Crippen molar-refractivity contribution in [1.82, 2.24) is 14.3 Å². The molecule has 0 atom stereocenters. The molecule has 0 bridgehead atoms. The maximum atomic E-state index is 4.59. The summed E-state index contributed by atoms with van der Waals surface area (Å²) in [5.41, 5.74) is 4.46. The molecule has 0 spiro atoms. The fraction of sp³-hybridized carbons (Fsp3) is 0.235. The number of aromatic nitrogens is 2. The molecule has 3 rings (SSSR count). The van der Waals surface area contributed by atoms with Gasteiger partial charge in [-0.3, -0.25) is 0 Å². The fourth-order valence-electron chi connectivity index (χ4n) is 2.41. The largest absolute Gasteiger partial charge is 0.379 e. The van der Waals surface area contributed by atoms with E-state index in [1.807, 2.05) is 28.8 Å². The third-order valence-corrected chi connectivity index (χ3v) is 3.31. The quantitative estimate of drug-likeness (QED) is 0.780. The summed E-state index contributed by atoms with van der Waals surface area (Å²) in [5.74, 6) is 0. The van der Waals surface area contributed by atoms with Gasteiger partial charge >= 0.3 is 0 Å². The second-order valence-electron chi connectivity index (χ2n) is 5.49. The molecule has 0 fully saturated rings. The molecular formula is C17H20N4. The molecule has 0 saturated heterocycles. The van der Waals surface area contributed by atoms with Crippen LogP contribution in [0.25, 0.3) is 5.65 Å². The molecule has 4 nitrogen and oxygen atoms in total. The normalized spacial score (nSPS) is 11.2. The number of pyridine rings is 1. The summed E-state index contributed by atoms with van der Waals surface area (Å²) < 4.78 is 2.04. The number of imidazole rings is 1. The van der Waals surface area contributed by atoms with Crippen LogP contribution in [0, 0.1) is 0 Å². The molecule has 0 saturated carbocycles. The Morgan fingerprint density at radius 1 is 1.14 bits per heavy atom. The lowest BCUT2D eigenvalue weighted by Gasteiger charge is -2.11. The Labute approximate surface area is 125 Å². The summed E-state index contributed by atoms with van der Waals surface area (Å²) in [6.45, 7) is 1.68. The molecule has 0 amide bonds. The summed E-state index contributed by atoms with van der Waals surface area (Å²) in [6.07, 6.45) is 4.08. The maximum Gasteiger partial charge on any atom is 0.137 e. The van der Waals surface area contributed by atoms with Crippen molar-refractivity contribution in [3.63, 3.8) is 0 Å². The first-order valence-electron chi connectivity index (χ1n) is 7.11. The number of benzene rings is 1. The number of hydrogen-bond donors (Lipinski definition) is 1. The van der Waals surface area contributed by atoms with E-state index in [9.17, 15) is 0 Å². The first-order valence-corrected chi connectivity index (χ1v) is 7.11. The van der Waals surface area contributed by atoms with Crippen LogP contribution in [0.3, 0.4) is 0 Å². The van der Waals surface area contributed by atoms with Crippen molar-refractivity contribution in [2.75, 3.05) is 19.4 Å². The van der Waals surface area contributed by atoms with Gasteiger partial charge in [-0.05, 0) is 43.9 Å². The van der Waals surface area contributed by atoms with E-state index < -0.39 is 0 Å². The van der Waals surface area contributed by atoms with Gasteiger partial charge in [0, 0.05) is 24.6 Å². The Kier molecular flexibility index (Phi) is 3.88. The Bertz CT molecular complexity index is 697. The van der Waals surface area contributed by atoms with Crippen LogP contribution in [0.1, 0.15) is 11.3 Å². The summed E-state index contributed by atoms with van der Waals surface area (Å²) in [6, 6.07) is 14.5. The molecular weight excluding hydrogens is 260 g/mol. The molecule has 1 N–H and O–H groups in total. The van der Waals surface area contributed by atoms with Crippen molar-refractivity contribution < 1.29 is 0 Å². The van der Waals surface area contributed by atoms with Gasteiger partial charge in [-0.25, -0.2) is 4.98 Å². The predicted octanol–water partition coefficient (Wildman–Crippen LogP) is 3.01. The third kappa shape index (κ3) is 3.41. The number of hydrogen-bond acceptors (Lipinski definition) is 3. The van der Waals surface area contributed by atoms with E-state index in [4.69, 9.17) is 0 Å². The van der Waals surface area contributed by atoms with Gasteiger partial charge in [-0.2, -0.15) is 0 Å². The van der Waals surface area contributed by atoms with Crippen LogP contribution in [-0.2, 0) is 13.1 Å². The minimum Gasteiger partial charge on any atom is -0.379 e. The molecule has 108 valence electrons. The Morgan fingerprint density at radius 2 is 2.05 bits per heavy atom. The fourth-order valence-corrected chi connectivity index (χ4v) is 2.41. The Morgan fingerprint density at radius 3 is 2.86 bits per heavy atom. The molecule has 1 aromatic carbocycles. The van der Waals surface area contributed by atoms with E-state index in [0.717, 1.165) is 30.1 Å². The SMILES string of the molecule is CN(C)Cc1cccc(NCc2cn3ccccc3n2)c1. The second-order valence-corrected chi connectivity index (χ2v) is 5.49. The highest BCUT2D eigenvalue weighted by atomic mass is 15.0. The van der Waals surface area contributed by atoms with Gasteiger partial charge in [0.2, 0.25) is 0 Å². The Hall–Kier alpha value is -2.33. The van der Waals surface area contributed by atoms with E-state index in [1.54, 1.807) is 0 Å². The summed E-state index contributed by atoms with van der Waals surface area (Å²) in [4.78, 5) is 6.76. The van der Waals surface area contributed by atoms with Gasteiger partial charge in [0.15, 0.2) is 0 Å². The first kappa shape index (κ1) is 13.6. The first-order chi connectivity index (χ1) is 10.2. The molecule has 4 heteroatoms. The topological polar surface area (TPSA) is 32.6 Å². The molecule has 2 heterocycles. The van der Waals surface area contributed by atoms with E-state index in [-0.39, 0.29) is 0 Å². The molecule has 2 aromatic heterocycles. The average Bonchev–Trinajstić information content (AvgIpc) is 2.87. The molecule has 0 aliphatic carbocycles. The van der Waals surface area contributed by atoms with E-state index in [0.29, 0.717) is 0 Å². The zero-order valence-electron chi connectivity index (χ0n) is 12.5. The van der Waals surface area contributed by atoms with Gasteiger partial charge in [-0.15, -0.1) is 0 Å². The number of anilines is 1. The number of nitrogens with one attached hydrogen (secondary N) is 1. The molecule has 3 aromatic rings. The monoisotopic (exact) mass is 280 g/mol. The second kappa shape index (κ2) is 5.97. The molecule has 0 radical (unpaired) electrons. The third-order valence-electron chi connectivity index (χ3n) is 3.31. The molecule has 0 aliphatic rings. The molecule has 0 unspecified atom stereocenters. The summed E-state index contributed by atoms with van der Waals surface area (Å²) in [7, 11) is 4.16. The maximum absolute atomic E-state index is 4.59. The summed E-state index contributed by atoms with van der Waals surface area (Å²) >= 11 is 0. The zero-order valence-corrected chi connectivity index (χ0v) is 12.5. The van der Waals surface area contributed by atoms with Crippen LogP contribution in [0.2, 0.25) is 0 Å². The van der Waals surface area contributed by atoms with Gasteiger partial charge in [0.05, 0.1) is 12.2 Å². The lowest BCUT2D eigenvalue weighted by molar-refractivity contribution is 0.402. The lowest BCUT2D eigenvalue weighted by atomic mass is 10.2. The number of fused-ring (bicyclic) bond motifs is 1. The average molecular weight is 280 g/mol. The Balaban J connectivity index is 1.69. The van der Waals surface area contributed by atoms with Crippen LogP contribution in [0.4, 0.5) is 5.69 Å². The van der Waals surface area contributed by atoms with E-state index >= 15 is 0 Å². The van der Waals surface area contributed by atoms with Gasteiger partial charge < -0.3 is 14.6 Å². The number of rotatable bonds is 5. The van der Waals surface area contributed by atoms with Gasteiger partial charge in [0.25, 0.3) is 0 Å². The van der Waals surface area contributed by atoms with E-state index in [2.05, 4.69) is 59.8 Å². The van der Waals surface area contributed by atoms with Gasteiger partial charge in [-0.1, -0.05) is 18.2 Å². The zero-order chi connectivity index (χ0) is 14.7. The van der Waals surface area contributed by atoms with Crippen LogP contribution >= 0.6 is 0 Å². The van der Waals surface area contributed by atoms with Crippen molar-refractivity contribution in [2.24, 2.45) is 0 Å². The van der Waals surface area contributed by atoms with Crippen molar-refractivity contribution >= 4 is 11.3 Å². The molecule has 21 heavy (non-hydrogen) atoms. The lowest BCUT2D eigenvalue weighted by Crippen LogP contribution is -2.10. The van der Waals surface area contributed by atoms with Crippen LogP contribution in [-0.4, -0.2) is 28.4 Å². The highest BCUT2D eigenvalue weighted by molar-refractivity contribution is 5.46. The number of nitrogens with zero attached hydrogens (tertiary/aromatic N) is 3. The molecule has 0 aliphatic heterocycles. The van der Waals surface area contributed by atoms with Crippen molar-refractivity contribution in [2.45, 2.75) is 13.1 Å².